The van der Waals surface area contributed by atoms with Crippen LogP contribution in [0, 0.1) is 13.8 Å². The van der Waals surface area contributed by atoms with Crippen molar-refractivity contribution in [1.82, 2.24) is 24.5 Å². The fourth-order valence-corrected chi connectivity index (χ4v) is 4.39. The van der Waals surface area contributed by atoms with Gasteiger partial charge < -0.3 is 9.88 Å². The van der Waals surface area contributed by atoms with Gasteiger partial charge in [-0.3, -0.25) is 9.20 Å². The molecule has 3 aromatic heterocycles. The Kier molecular flexibility index (Phi) is 6.75. The summed E-state index contributed by atoms with van der Waals surface area (Å²) in [5.41, 5.74) is 5.13. The van der Waals surface area contributed by atoms with Gasteiger partial charge in [0.2, 0.25) is 5.91 Å². The number of amides is 1. The monoisotopic (exact) mass is 445 g/mol. The molecule has 1 aromatic carbocycles. The van der Waals surface area contributed by atoms with E-state index in [1.807, 2.05) is 53.1 Å². The Morgan fingerprint density at radius 2 is 1.91 bits per heavy atom. The molecule has 0 saturated carbocycles. The minimum Gasteiger partial charge on any atom is -0.342 e. The zero-order chi connectivity index (χ0) is 22.5. The highest BCUT2D eigenvalue weighted by molar-refractivity contribution is 7.98. The van der Waals surface area contributed by atoms with Gasteiger partial charge in [-0.1, -0.05) is 24.3 Å². The van der Waals surface area contributed by atoms with E-state index in [9.17, 15) is 4.79 Å². The van der Waals surface area contributed by atoms with Gasteiger partial charge in [-0.05, 0) is 74.2 Å². The molecule has 0 radical (unpaired) electrons. The largest absolute Gasteiger partial charge is 0.342 e. The maximum atomic E-state index is 12.8. The van der Waals surface area contributed by atoms with Gasteiger partial charge in [0.1, 0.15) is 0 Å². The third-order valence-electron chi connectivity index (χ3n) is 5.48. The normalized spacial score (nSPS) is 12.5. The van der Waals surface area contributed by atoms with Gasteiger partial charge in [0.05, 0.1) is 6.04 Å². The van der Waals surface area contributed by atoms with Gasteiger partial charge in [-0.15, -0.1) is 10.2 Å². The van der Waals surface area contributed by atoms with E-state index in [4.69, 9.17) is 0 Å². The van der Waals surface area contributed by atoms with Crippen LogP contribution in [-0.2, 0) is 4.79 Å². The van der Waals surface area contributed by atoms with E-state index in [-0.39, 0.29) is 11.9 Å². The first-order valence-electron chi connectivity index (χ1n) is 10.6. The zero-order valence-electron chi connectivity index (χ0n) is 18.5. The van der Waals surface area contributed by atoms with Crippen molar-refractivity contribution in [3.8, 4) is 5.69 Å². The summed E-state index contributed by atoms with van der Waals surface area (Å²) in [6.07, 6.45) is 8.25. The van der Waals surface area contributed by atoms with Gasteiger partial charge in [0.25, 0.3) is 0 Å². The Labute approximate surface area is 192 Å². The molecule has 7 heteroatoms. The number of benzene rings is 1. The lowest BCUT2D eigenvalue weighted by molar-refractivity contribution is -0.117. The smallest absolute Gasteiger partial charge is 0.244 e. The van der Waals surface area contributed by atoms with Crippen LogP contribution in [-0.4, -0.2) is 37.1 Å². The van der Waals surface area contributed by atoms with Crippen molar-refractivity contribution in [2.24, 2.45) is 0 Å². The van der Waals surface area contributed by atoms with Gasteiger partial charge in [0.15, 0.2) is 11.5 Å². The van der Waals surface area contributed by atoms with E-state index in [1.165, 1.54) is 0 Å². The molecule has 164 valence electrons. The van der Waals surface area contributed by atoms with Crippen LogP contribution in [0.4, 0.5) is 0 Å². The SMILES string of the molecule is CSCCC(NC(=O)/C=C\c1cc(C)n(-c2ccccc2)c1C)c1nnc2ccccn12. The number of nitrogens with one attached hydrogen (secondary N) is 1. The fraction of sp³-hybridized carbons (Fsp3) is 0.240. The molecular formula is C25H27N5OS. The van der Waals surface area contributed by atoms with Crippen LogP contribution in [0.2, 0.25) is 0 Å². The summed E-state index contributed by atoms with van der Waals surface area (Å²) in [5, 5.41) is 11.7. The maximum absolute atomic E-state index is 12.8. The molecular weight excluding hydrogens is 418 g/mol. The first-order chi connectivity index (χ1) is 15.6. The molecule has 4 aromatic rings. The first kappa shape index (κ1) is 21.9. The van der Waals surface area contributed by atoms with Crippen molar-refractivity contribution >= 4 is 29.4 Å². The number of aromatic nitrogens is 4. The van der Waals surface area contributed by atoms with Gasteiger partial charge >= 0.3 is 0 Å². The number of pyridine rings is 1. The number of carbonyl (C=O) groups is 1. The Morgan fingerprint density at radius 1 is 1.12 bits per heavy atom. The Bertz CT molecular complexity index is 1240. The standard InChI is InChI=1S/C25H27N5OS/c1-18-17-20(19(2)30(18)21-9-5-4-6-10-21)12-13-24(31)26-22(14-16-32-3)25-28-27-23-11-7-8-15-29(23)25/h4-13,15,17,22H,14,16H2,1-3H3,(H,26,31)/b13-12-. The minimum absolute atomic E-state index is 0.145. The average Bonchev–Trinajstić information content (AvgIpc) is 3.36. The summed E-state index contributed by atoms with van der Waals surface area (Å²) in [6.45, 7) is 4.15. The number of hydrogen-bond acceptors (Lipinski definition) is 4. The average molecular weight is 446 g/mol. The zero-order valence-corrected chi connectivity index (χ0v) is 19.3. The third kappa shape index (κ3) is 4.62. The van der Waals surface area contributed by atoms with E-state index in [0.717, 1.165) is 46.3 Å². The van der Waals surface area contributed by atoms with E-state index >= 15 is 0 Å². The fourth-order valence-electron chi connectivity index (χ4n) is 3.92. The topological polar surface area (TPSA) is 64.2 Å². The van der Waals surface area contributed by atoms with Crippen molar-refractivity contribution in [2.45, 2.75) is 26.3 Å². The highest BCUT2D eigenvalue weighted by Gasteiger charge is 2.19. The molecule has 1 unspecified atom stereocenters. The Morgan fingerprint density at radius 3 is 2.69 bits per heavy atom. The van der Waals surface area contributed by atoms with Crippen LogP contribution in [0.15, 0.2) is 66.9 Å². The van der Waals surface area contributed by atoms with Crippen LogP contribution in [0.3, 0.4) is 0 Å². The number of fused-ring (bicyclic) bond motifs is 1. The lowest BCUT2D eigenvalue weighted by Crippen LogP contribution is -2.29. The van der Waals surface area contributed by atoms with Gasteiger partial charge in [0, 0.05) is 29.3 Å². The summed E-state index contributed by atoms with van der Waals surface area (Å²) in [5.74, 6) is 1.52. The van der Waals surface area contributed by atoms with Crippen LogP contribution in [0.1, 0.15) is 35.2 Å². The number of thioether (sulfide) groups is 1. The van der Waals surface area contributed by atoms with E-state index in [2.05, 4.69) is 58.4 Å². The molecule has 0 saturated heterocycles. The second-order valence-corrected chi connectivity index (χ2v) is 8.65. The molecule has 6 nitrogen and oxygen atoms in total. The molecule has 0 aliphatic rings. The first-order valence-corrected chi connectivity index (χ1v) is 12.0. The molecule has 0 aliphatic heterocycles. The highest BCUT2D eigenvalue weighted by atomic mass is 32.2. The van der Waals surface area contributed by atoms with Crippen LogP contribution in [0.25, 0.3) is 17.4 Å². The lowest BCUT2D eigenvalue weighted by Gasteiger charge is -2.16. The number of para-hydroxylation sites is 1. The molecule has 3 heterocycles. The summed E-state index contributed by atoms with van der Waals surface area (Å²) in [6, 6.07) is 17.9. The van der Waals surface area contributed by atoms with Gasteiger partial charge in [-0.25, -0.2) is 0 Å². The number of rotatable bonds is 8. The minimum atomic E-state index is -0.214. The number of nitrogens with zero attached hydrogens (tertiary/aromatic N) is 4. The summed E-state index contributed by atoms with van der Waals surface area (Å²) >= 11 is 1.74. The van der Waals surface area contributed by atoms with Crippen molar-refractivity contribution < 1.29 is 4.79 Å². The molecule has 0 spiro atoms. The maximum Gasteiger partial charge on any atom is 0.244 e. The van der Waals surface area contributed by atoms with Crippen molar-refractivity contribution in [1.29, 1.82) is 0 Å². The van der Waals surface area contributed by atoms with Crippen molar-refractivity contribution in [3.05, 3.63) is 89.6 Å². The van der Waals surface area contributed by atoms with Crippen LogP contribution >= 0.6 is 11.8 Å². The number of carbonyl (C=O) groups excluding carboxylic acids is 1. The van der Waals surface area contributed by atoms with Crippen LogP contribution in [0.5, 0.6) is 0 Å². The van der Waals surface area contributed by atoms with Crippen molar-refractivity contribution in [2.75, 3.05) is 12.0 Å². The molecule has 32 heavy (non-hydrogen) atoms. The molecule has 0 aliphatic carbocycles. The summed E-state index contributed by atoms with van der Waals surface area (Å²) < 4.78 is 4.13. The molecule has 0 bridgehead atoms. The van der Waals surface area contributed by atoms with E-state index in [1.54, 1.807) is 17.8 Å². The summed E-state index contributed by atoms with van der Waals surface area (Å²) in [7, 11) is 0. The Balaban J connectivity index is 1.54. The molecule has 1 amide bonds. The van der Waals surface area contributed by atoms with Crippen molar-refractivity contribution in [3.63, 3.8) is 0 Å². The second kappa shape index (κ2) is 9.87. The third-order valence-corrected chi connectivity index (χ3v) is 6.12. The van der Waals surface area contributed by atoms with E-state index < -0.39 is 0 Å². The summed E-state index contributed by atoms with van der Waals surface area (Å²) in [4.78, 5) is 12.8. The molecule has 1 N–H and O–H groups in total. The predicted octanol–water partition coefficient (Wildman–Crippen LogP) is 4.76. The lowest BCUT2D eigenvalue weighted by atomic mass is 10.2. The van der Waals surface area contributed by atoms with E-state index in [0.29, 0.717) is 0 Å². The molecule has 4 rings (SSSR count). The van der Waals surface area contributed by atoms with Crippen LogP contribution < -0.4 is 5.32 Å². The Hall–Kier alpha value is -3.32. The highest BCUT2D eigenvalue weighted by Crippen LogP contribution is 2.22. The quantitative estimate of drug-likeness (QED) is 0.397. The predicted molar refractivity (Wildman–Crippen MR) is 131 cm³/mol. The number of hydrogen-bond donors (Lipinski definition) is 1. The number of aryl methyl sites for hydroxylation is 1. The van der Waals surface area contributed by atoms with Gasteiger partial charge in [-0.2, -0.15) is 11.8 Å². The molecule has 1 atom stereocenters. The molecule has 0 fully saturated rings. The second-order valence-electron chi connectivity index (χ2n) is 7.66.